The lowest BCUT2D eigenvalue weighted by Gasteiger charge is -2.48. The normalized spacial score (nSPS) is 27.0. The first-order chi connectivity index (χ1) is 47.3. The zero-order valence-corrected chi connectivity index (χ0v) is 61.1. The minimum Gasteiger partial charge on any atom is -0.394 e. The molecule has 0 aromatic heterocycles. The Morgan fingerprint density at radius 2 is 0.649 bits per heavy atom. The Bertz CT molecular complexity index is 1850. The van der Waals surface area contributed by atoms with Gasteiger partial charge in [-0.15, -0.1) is 0 Å². The van der Waals surface area contributed by atoms with Crippen molar-refractivity contribution < 1.29 is 89.4 Å². The predicted molar refractivity (Wildman–Crippen MR) is 383 cm³/mol. The molecule has 3 saturated heterocycles. The van der Waals surface area contributed by atoms with Crippen molar-refractivity contribution in [2.45, 2.75) is 439 Å². The molecular weight excluding hydrogens is 1240 g/mol. The van der Waals surface area contributed by atoms with Crippen molar-refractivity contribution in [3.05, 3.63) is 24.3 Å². The van der Waals surface area contributed by atoms with Crippen LogP contribution in [0.4, 0.5) is 0 Å². The molecule has 3 rings (SSSR count). The van der Waals surface area contributed by atoms with Crippen LogP contribution >= 0.6 is 0 Å². The van der Waals surface area contributed by atoms with Crippen molar-refractivity contribution in [2.75, 3.05) is 26.4 Å². The highest BCUT2D eigenvalue weighted by Crippen LogP contribution is 2.33. The quantitative estimate of drug-likeness (QED) is 0.0199. The number of rotatable bonds is 64. The summed E-state index contributed by atoms with van der Waals surface area (Å²) in [5.74, 6) is -0.270. The first-order valence-electron chi connectivity index (χ1n) is 40.1. The van der Waals surface area contributed by atoms with E-state index in [2.05, 4.69) is 31.3 Å². The van der Waals surface area contributed by atoms with Gasteiger partial charge < -0.3 is 89.9 Å². The number of allylic oxidation sites excluding steroid dienone is 3. The van der Waals surface area contributed by atoms with E-state index in [1.807, 2.05) is 6.08 Å². The SMILES string of the molecule is CCCCCCCCCC/C=C\CCCCCCCCCCCCCCCCCCCCCCCCCCCCCCCC(=O)NC(COC1OC(CO)C(OC2OC(CO)C(OC3OC(CO)C(O)C(O)C3O)C(O)C2O)C(O)C1O)C(O)/C=C/CCCCCCCCCCC. The lowest BCUT2D eigenvalue weighted by molar-refractivity contribution is -0.379. The van der Waals surface area contributed by atoms with E-state index < -0.39 is 124 Å². The van der Waals surface area contributed by atoms with Crippen LogP contribution in [-0.4, -0.2) is 193 Å². The van der Waals surface area contributed by atoms with E-state index in [-0.39, 0.29) is 18.9 Å². The zero-order valence-electron chi connectivity index (χ0n) is 61.1. The third-order valence-electron chi connectivity index (χ3n) is 20.2. The van der Waals surface area contributed by atoms with Crippen LogP contribution in [0.2, 0.25) is 0 Å². The standard InChI is InChI=1S/C78H147NO18/c1-3-5-7-9-11-13-15-16-17-18-19-20-21-22-23-24-25-26-27-28-29-30-31-32-33-34-35-36-37-38-39-40-41-42-43-44-46-48-50-52-54-56-66(84)79-61(62(83)55-53-51-49-47-45-14-12-10-8-6-4-2)60-92-76-72(90)69(87)74(64(58-81)94-76)97-78-73(91)70(88)75(65(59-82)95-78)96-77-71(89)68(86)67(85)63(57-80)93-77/h18-19,53,55,61-65,67-78,80-83,85-91H,3-17,20-52,54,56-60H2,1-2H3,(H,79,84)/b19-18-,55-53+. The first-order valence-corrected chi connectivity index (χ1v) is 40.1. The number of nitrogens with one attached hydrogen (secondary N) is 1. The Balaban J connectivity index is 1.24. The molecule has 17 atom stereocenters. The molecule has 17 unspecified atom stereocenters. The Kier molecular flexibility index (Phi) is 55.0. The fourth-order valence-corrected chi connectivity index (χ4v) is 13.8. The predicted octanol–water partition coefficient (Wildman–Crippen LogP) is 13.0. The van der Waals surface area contributed by atoms with Gasteiger partial charge in [0.15, 0.2) is 18.9 Å². The number of hydrogen-bond acceptors (Lipinski definition) is 18. The molecule has 0 radical (unpaired) electrons. The molecule has 0 aromatic rings. The molecule has 572 valence electrons. The maximum atomic E-state index is 13.4. The van der Waals surface area contributed by atoms with Crippen LogP contribution in [0.3, 0.4) is 0 Å². The Morgan fingerprint density at radius 3 is 1.00 bits per heavy atom. The molecule has 3 aliphatic heterocycles. The number of amides is 1. The van der Waals surface area contributed by atoms with Crippen molar-refractivity contribution in [1.82, 2.24) is 5.32 Å². The molecule has 19 nitrogen and oxygen atoms in total. The van der Waals surface area contributed by atoms with Gasteiger partial charge in [0.25, 0.3) is 0 Å². The third kappa shape index (κ3) is 40.2. The van der Waals surface area contributed by atoms with Gasteiger partial charge in [0.2, 0.25) is 5.91 Å². The molecular formula is C78H147NO18. The molecule has 0 aliphatic carbocycles. The van der Waals surface area contributed by atoms with Crippen molar-refractivity contribution in [3.8, 4) is 0 Å². The topological polar surface area (TPSA) is 307 Å². The summed E-state index contributed by atoms with van der Waals surface area (Å²) in [6.07, 6.45) is 45.2. The number of aliphatic hydroxyl groups excluding tert-OH is 11. The number of hydrogen-bond donors (Lipinski definition) is 12. The van der Waals surface area contributed by atoms with Gasteiger partial charge in [0.05, 0.1) is 38.6 Å². The summed E-state index contributed by atoms with van der Waals surface area (Å²) >= 11 is 0. The minimum atomic E-state index is -1.98. The Morgan fingerprint density at radius 1 is 0.361 bits per heavy atom. The summed E-state index contributed by atoms with van der Waals surface area (Å²) in [6, 6.07) is -0.969. The molecule has 97 heavy (non-hydrogen) atoms. The molecule has 3 heterocycles. The molecule has 3 aliphatic rings. The van der Waals surface area contributed by atoms with Crippen LogP contribution in [-0.2, 0) is 33.2 Å². The third-order valence-corrected chi connectivity index (χ3v) is 20.2. The summed E-state index contributed by atoms with van der Waals surface area (Å²) in [6.45, 7) is 1.74. The summed E-state index contributed by atoms with van der Waals surface area (Å²) in [4.78, 5) is 13.4. The second kappa shape index (κ2) is 59.6. The van der Waals surface area contributed by atoms with Crippen LogP contribution in [0.15, 0.2) is 24.3 Å². The van der Waals surface area contributed by atoms with Gasteiger partial charge in [0.1, 0.15) is 73.2 Å². The molecule has 0 aromatic carbocycles. The monoisotopic (exact) mass is 1390 g/mol. The van der Waals surface area contributed by atoms with Gasteiger partial charge >= 0.3 is 0 Å². The van der Waals surface area contributed by atoms with Crippen LogP contribution in [0.25, 0.3) is 0 Å². The summed E-state index contributed by atoms with van der Waals surface area (Å²) in [5.41, 5.74) is 0. The Hall–Kier alpha value is -1.73. The average Bonchev–Trinajstić information content (AvgIpc) is 0.790. The highest BCUT2D eigenvalue weighted by atomic mass is 16.8. The zero-order chi connectivity index (χ0) is 70.4. The van der Waals surface area contributed by atoms with Crippen molar-refractivity contribution in [3.63, 3.8) is 0 Å². The van der Waals surface area contributed by atoms with E-state index in [4.69, 9.17) is 28.4 Å². The highest BCUT2D eigenvalue weighted by Gasteiger charge is 2.54. The number of ether oxygens (including phenoxy) is 6. The molecule has 0 bridgehead atoms. The smallest absolute Gasteiger partial charge is 0.220 e. The maximum absolute atomic E-state index is 13.4. The van der Waals surface area contributed by atoms with Crippen molar-refractivity contribution in [2.24, 2.45) is 0 Å². The summed E-state index contributed by atoms with van der Waals surface area (Å²) in [7, 11) is 0. The lowest BCUT2D eigenvalue weighted by atomic mass is 9.96. The molecule has 1 amide bonds. The van der Waals surface area contributed by atoms with Crippen LogP contribution in [0.5, 0.6) is 0 Å². The van der Waals surface area contributed by atoms with Gasteiger partial charge in [0, 0.05) is 6.42 Å². The fraction of sp³-hybridized carbons (Fsp3) is 0.936. The number of carbonyl (C=O) groups is 1. The van der Waals surface area contributed by atoms with E-state index in [1.54, 1.807) is 6.08 Å². The Labute approximate surface area is 588 Å². The van der Waals surface area contributed by atoms with Gasteiger partial charge in [-0.2, -0.15) is 0 Å². The van der Waals surface area contributed by atoms with Gasteiger partial charge in [-0.1, -0.05) is 308 Å². The van der Waals surface area contributed by atoms with Crippen molar-refractivity contribution >= 4 is 5.91 Å². The van der Waals surface area contributed by atoms with Gasteiger partial charge in [-0.05, 0) is 44.9 Å². The molecule has 19 heteroatoms. The summed E-state index contributed by atoms with van der Waals surface area (Å²) < 4.78 is 34.3. The molecule has 0 saturated carbocycles. The first kappa shape index (κ1) is 89.5. The number of unbranched alkanes of at least 4 members (excludes halogenated alkanes) is 46. The molecule has 12 N–H and O–H groups in total. The largest absolute Gasteiger partial charge is 0.394 e. The van der Waals surface area contributed by atoms with Gasteiger partial charge in [-0.3, -0.25) is 4.79 Å². The summed E-state index contributed by atoms with van der Waals surface area (Å²) in [5, 5.41) is 120. The van der Waals surface area contributed by atoms with E-state index >= 15 is 0 Å². The van der Waals surface area contributed by atoms with Crippen molar-refractivity contribution in [1.29, 1.82) is 0 Å². The second-order valence-electron chi connectivity index (χ2n) is 28.9. The molecule has 0 spiro atoms. The lowest BCUT2D eigenvalue weighted by Crippen LogP contribution is -2.66. The van der Waals surface area contributed by atoms with Crippen LogP contribution in [0, 0.1) is 0 Å². The number of carbonyl (C=O) groups excluding carboxylic acids is 1. The number of aliphatic hydroxyl groups is 11. The van der Waals surface area contributed by atoms with E-state index in [0.29, 0.717) is 6.42 Å². The van der Waals surface area contributed by atoms with Crippen LogP contribution < -0.4 is 5.32 Å². The second-order valence-corrected chi connectivity index (χ2v) is 28.9. The van der Waals surface area contributed by atoms with E-state index in [0.717, 1.165) is 44.9 Å². The minimum absolute atomic E-state index is 0.249. The highest BCUT2D eigenvalue weighted by molar-refractivity contribution is 5.76. The maximum Gasteiger partial charge on any atom is 0.220 e. The van der Waals surface area contributed by atoms with Crippen LogP contribution in [0.1, 0.15) is 335 Å². The average molecular weight is 1390 g/mol. The van der Waals surface area contributed by atoms with Gasteiger partial charge in [-0.25, -0.2) is 0 Å². The van der Waals surface area contributed by atoms with E-state index in [1.165, 1.54) is 263 Å². The molecule has 3 fully saturated rings. The van der Waals surface area contributed by atoms with E-state index in [9.17, 15) is 61.0 Å². The fourth-order valence-electron chi connectivity index (χ4n) is 13.8.